The van der Waals surface area contributed by atoms with Crippen LogP contribution in [0.3, 0.4) is 0 Å². The third-order valence-corrected chi connectivity index (χ3v) is 21.3. The molecule has 2 unspecified atom stereocenters. The van der Waals surface area contributed by atoms with Crippen molar-refractivity contribution in [3.63, 3.8) is 0 Å². The molecule has 6 heterocycles. The Morgan fingerprint density at radius 3 is 2.43 bits per heavy atom. The first kappa shape index (κ1) is 49.7. The molecule has 0 aliphatic carbocycles. The Kier molecular flexibility index (Phi) is 14.1. The van der Waals surface area contributed by atoms with Crippen molar-refractivity contribution in [3.8, 4) is 34.5 Å². The van der Waals surface area contributed by atoms with Crippen molar-refractivity contribution in [2.45, 2.75) is 147 Å². The summed E-state index contributed by atoms with van der Waals surface area (Å²) in [6.07, 6.45) is 3.52. The zero-order valence-electron chi connectivity index (χ0n) is 41.7. The fourth-order valence-corrected chi connectivity index (χ4v) is 17.3. The van der Waals surface area contributed by atoms with Gasteiger partial charge in [0.05, 0.1) is 34.7 Å². The van der Waals surface area contributed by atoms with Gasteiger partial charge in [0.1, 0.15) is 55.0 Å². The second-order valence-electron chi connectivity index (χ2n) is 21.4. The summed E-state index contributed by atoms with van der Waals surface area (Å²) in [5.41, 5.74) is 2.82. The topological polar surface area (TPSA) is 112 Å². The van der Waals surface area contributed by atoms with Crippen LogP contribution in [0.15, 0.2) is 30.5 Å². The third-order valence-electron chi connectivity index (χ3n) is 15.0. The lowest BCUT2D eigenvalue weighted by Gasteiger charge is -2.49. The van der Waals surface area contributed by atoms with E-state index in [1.54, 1.807) is 24.4 Å². The molecule has 16 heteroatoms. The minimum absolute atomic E-state index is 0.0578. The molecule has 4 aliphatic heterocycles. The maximum atomic E-state index is 18.1. The fourth-order valence-electron chi connectivity index (χ4n) is 12.1. The summed E-state index contributed by atoms with van der Waals surface area (Å²) < 4.78 is 79.3. The quantitative estimate of drug-likeness (QED) is 0.0684. The molecular formula is C52H69F3N6O6Si. The van der Waals surface area contributed by atoms with Crippen molar-refractivity contribution in [2.24, 2.45) is 0 Å². The van der Waals surface area contributed by atoms with Gasteiger partial charge in [-0.15, -0.1) is 5.54 Å². The summed E-state index contributed by atoms with van der Waals surface area (Å²) >= 11 is 0. The van der Waals surface area contributed by atoms with Gasteiger partial charge in [0.25, 0.3) is 0 Å². The summed E-state index contributed by atoms with van der Waals surface area (Å²) in [4.78, 5) is 34.6. The van der Waals surface area contributed by atoms with Gasteiger partial charge in [0.15, 0.2) is 12.6 Å². The van der Waals surface area contributed by atoms with Crippen molar-refractivity contribution in [2.75, 3.05) is 64.8 Å². The van der Waals surface area contributed by atoms with Crippen molar-refractivity contribution in [1.82, 2.24) is 24.8 Å². The number of rotatable bonds is 14. The zero-order valence-corrected chi connectivity index (χ0v) is 42.7. The van der Waals surface area contributed by atoms with E-state index in [-0.39, 0.29) is 54.4 Å². The third kappa shape index (κ3) is 9.13. The highest BCUT2D eigenvalue weighted by molar-refractivity contribution is 6.90. The number of piperazine rings is 1. The van der Waals surface area contributed by atoms with Crippen LogP contribution in [0.1, 0.15) is 107 Å². The zero-order chi connectivity index (χ0) is 48.9. The SMILES string of the molecule is CCOCC12CCC(CN(c3nc(OC[C@@]45CCCN4C[C@H](F)C5)nc4c(F)c(-c5cc(OCOC)cc6ccc(F)c(C#C[Si](C(C)C)(C(C)C)C(C)C)c56)ncc34)C1)N2C(=O)OC(C)(C)C. The number of carbonyl (C=O) groups is 1. The van der Waals surface area contributed by atoms with Crippen LogP contribution in [0, 0.1) is 23.1 Å². The predicted octanol–water partition coefficient (Wildman–Crippen LogP) is 10.6. The second kappa shape index (κ2) is 19.2. The first-order valence-corrected chi connectivity index (χ1v) is 26.6. The summed E-state index contributed by atoms with van der Waals surface area (Å²) in [5, 5.41) is 1.30. The Labute approximate surface area is 400 Å². The Morgan fingerprint density at radius 1 is 0.985 bits per heavy atom. The molecule has 68 heavy (non-hydrogen) atoms. The first-order valence-electron chi connectivity index (χ1n) is 24.4. The van der Waals surface area contributed by atoms with Gasteiger partial charge in [0, 0.05) is 56.9 Å². The van der Waals surface area contributed by atoms with E-state index in [0.29, 0.717) is 89.9 Å². The smallest absolute Gasteiger partial charge is 0.411 e. The average Bonchev–Trinajstić information content (AvgIpc) is 3.88. The van der Waals surface area contributed by atoms with Gasteiger partial charge < -0.3 is 28.6 Å². The molecule has 0 saturated carbocycles. The Morgan fingerprint density at radius 2 is 1.74 bits per heavy atom. The fraction of sp³-hybridized carbons (Fsp3) is 0.615. The molecule has 4 aliphatic rings. The number of carbonyl (C=O) groups excluding carboxylic acids is 1. The molecule has 0 N–H and O–H groups in total. The van der Waals surface area contributed by atoms with Gasteiger partial charge >= 0.3 is 12.1 Å². The molecule has 2 aromatic carbocycles. The van der Waals surface area contributed by atoms with Crippen molar-refractivity contribution in [3.05, 3.63) is 47.7 Å². The van der Waals surface area contributed by atoms with Crippen LogP contribution in [0.5, 0.6) is 11.8 Å². The van der Waals surface area contributed by atoms with E-state index in [9.17, 15) is 9.18 Å². The lowest BCUT2D eigenvalue weighted by Crippen LogP contribution is -2.66. The van der Waals surface area contributed by atoms with Crippen molar-refractivity contribution in [1.29, 1.82) is 0 Å². The number of aromatic nitrogens is 3. The monoisotopic (exact) mass is 958 g/mol. The molecule has 2 aromatic heterocycles. The molecule has 1 amide bonds. The molecule has 4 atom stereocenters. The van der Waals surface area contributed by atoms with Gasteiger partial charge in [-0.1, -0.05) is 53.5 Å². The number of halogens is 3. The normalized spacial score (nSPS) is 23.0. The van der Waals surface area contributed by atoms with Crippen LogP contribution in [-0.4, -0.2) is 128 Å². The first-order chi connectivity index (χ1) is 32.3. The van der Waals surface area contributed by atoms with Crippen LogP contribution in [0.2, 0.25) is 16.6 Å². The lowest BCUT2D eigenvalue weighted by atomic mass is 9.95. The average molecular weight is 959 g/mol. The number of pyridine rings is 1. The summed E-state index contributed by atoms with van der Waals surface area (Å²) in [6, 6.07) is 6.11. The highest BCUT2D eigenvalue weighted by Gasteiger charge is 2.56. The summed E-state index contributed by atoms with van der Waals surface area (Å²) in [7, 11) is -0.839. The predicted molar refractivity (Wildman–Crippen MR) is 262 cm³/mol. The van der Waals surface area contributed by atoms with Gasteiger partial charge in [-0.25, -0.2) is 18.0 Å². The number of alkyl halides is 1. The molecule has 8 rings (SSSR count). The van der Waals surface area contributed by atoms with Crippen LogP contribution in [-0.2, 0) is 14.2 Å². The van der Waals surface area contributed by atoms with E-state index in [0.717, 1.165) is 19.4 Å². The summed E-state index contributed by atoms with van der Waals surface area (Å²) in [6.45, 7) is 23.2. The van der Waals surface area contributed by atoms with Gasteiger partial charge in [-0.05, 0) is 100 Å². The Hall–Kier alpha value is -4.69. The van der Waals surface area contributed by atoms with E-state index < -0.39 is 48.7 Å². The molecule has 4 aromatic rings. The van der Waals surface area contributed by atoms with Crippen LogP contribution in [0.4, 0.5) is 23.8 Å². The molecule has 0 radical (unpaired) electrons. The largest absolute Gasteiger partial charge is 0.468 e. The van der Waals surface area contributed by atoms with E-state index in [1.165, 1.54) is 13.2 Å². The number of hydrogen-bond acceptors (Lipinski definition) is 11. The second-order valence-corrected chi connectivity index (χ2v) is 26.9. The van der Waals surface area contributed by atoms with Crippen LogP contribution >= 0.6 is 0 Å². The molecular weight excluding hydrogens is 890 g/mol. The molecule has 368 valence electrons. The molecule has 2 bridgehead atoms. The minimum atomic E-state index is -2.35. The van der Waals surface area contributed by atoms with Crippen LogP contribution in [0.25, 0.3) is 32.9 Å². The molecule has 4 fully saturated rings. The number of nitrogens with zero attached hydrogens (tertiary/aromatic N) is 6. The number of fused-ring (bicyclic) bond motifs is 5. The molecule has 12 nitrogen and oxygen atoms in total. The summed E-state index contributed by atoms with van der Waals surface area (Å²) in [5.74, 6) is 2.79. The molecule has 0 spiro atoms. The number of benzene rings is 2. The van der Waals surface area contributed by atoms with Crippen LogP contribution < -0.4 is 14.4 Å². The number of anilines is 1. The molecule has 4 saturated heterocycles. The standard InChI is InChI=1S/C52H69F3N6O6Si/c1-12-64-29-52-19-16-37(61(52)49(62)67-50(8,9)10)27-59(28-52)47-41-25-56-45(44(55)46(41)57-48(58-47)65-30-51-18-13-20-60(51)26-36(53)24-51)40-23-38(66-31-63-11)22-35-14-15-42(54)39(43(35)40)17-21-68(32(2)3,33(4)5)34(6)7/h14-15,22-23,25,32-34,36-37H,12-13,16,18-20,24,26-31H2,1-11H3/t36-,37?,51+,52?/m1/s1. The van der Waals surface area contributed by atoms with Gasteiger partial charge in [-0.2, -0.15) is 9.97 Å². The van der Waals surface area contributed by atoms with E-state index >= 15 is 8.78 Å². The lowest BCUT2D eigenvalue weighted by molar-refractivity contribution is -0.0319. The van der Waals surface area contributed by atoms with E-state index in [2.05, 4.69) is 62.8 Å². The minimum Gasteiger partial charge on any atom is -0.468 e. The number of ether oxygens (including phenoxy) is 5. The van der Waals surface area contributed by atoms with Crippen molar-refractivity contribution >= 4 is 41.7 Å². The highest BCUT2D eigenvalue weighted by Crippen LogP contribution is 2.46. The number of hydrogen-bond donors (Lipinski definition) is 0. The Bertz CT molecular complexity index is 2580. The van der Waals surface area contributed by atoms with Crippen molar-refractivity contribution < 1.29 is 41.7 Å². The Balaban J connectivity index is 1.31. The maximum absolute atomic E-state index is 18.1. The van der Waals surface area contributed by atoms with Gasteiger partial charge in [0.2, 0.25) is 0 Å². The number of amides is 1. The maximum Gasteiger partial charge on any atom is 0.411 e. The van der Waals surface area contributed by atoms with Gasteiger partial charge in [-0.3, -0.25) is 14.8 Å². The van der Waals surface area contributed by atoms with E-state index in [1.807, 2.05) is 32.6 Å². The van der Waals surface area contributed by atoms with E-state index in [4.69, 9.17) is 38.6 Å². The number of methoxy groups -OCH3 is 1. The highest BCUT2D eigenvalue weighted by atomic mass is 28.3.